The molecule has 0 amide bonds. The molecule has 1 aromatic heterocycles. The Labute approximate surface area is 112 Å². The van der Waals surface area contributed by atoms with Crippen LogP contribution in [0.15, 0.2) is 24.3 Å². The minimum absolute atomic E-state index is 0.376. The van der Waals surface area contributed by atoms with Crippen molar-refractivity contribution in [3.05, 3.63) is 41.5 Å². The van der Waals surface area contributed by atoms with E-state index in [2.05, 4.69) is 17.0 Å². The number of hydrogen-bond acceptors (Lipinski definition) is 3. The largest absolute Gasteiger partial charge is 0.389 e. The highest BCUT2D eigenvalue weighted by atomic mass is 32.1. The number of nitrogens with zero attached hydrogens (tertiary/aromatic N) is 3. The highest BCUT2D eigenvalue weighted by Crippen LogP contribution is 2.16. The summed E-state index contributed by atoms with van der Waals surface area (Å²) in [6.45, 7) is 4.10. The molecule has 0 saturated carbocycles. The van der Waals surface area contributed by atoms with Gasteiger partial charge in [-0.15, -0.1) is 0 Å². The summed E-state index contributed by atoms with van der Waals surface area (Å²) in [4.78, 5) is 4.87. The highest BCUT2D eigenvalue weighted by Gasteiger charge is 2.13. The number of hydrogen-bond donors (Lipinski definition) is 1. The smallest absolute Gasteiger partial charge is 0.151 e. The van der Waals surface area contributed by atoms with Gasteiger partial charge in [-0.1, -0.05) is 38.2 Å². The van der Waals surface area contributed by atoms with E-state index < -0.39 is 0 Å². The number of rotatable bonds is 4. The maximum atomic E-state index is 5.75. The number of aromatic nitrogens is 3. The average Bonchev–Trinajstić information content (AvgIpc) is 2.81. The van der Waals surface area contributed by atoms with Gasteiger partial charge in [-0.3, -0.25) is 0 Å². The van der Waals surface area contributed by atoms with Crippen molar-refractivity contribution in [1.82, 2.24) is 14.8 Å². The zero-order valence-corrected chi connectivity index (χ0v) is 11.4. The first-order valence-corrected chi connectivity index (χ1v) is 6.42. The quantitative estimate of drug-likeness (QED) is 0.855. The van der Waals surface area contributed by atoms with Crippen LogP contribution in [0.2, 0.25) is 0 Å². The Morgan fingerprint density at radius 1 is 1.28 bits per heavy atom. The molecule has 0 unspecified atom stereocenters. The van der Waals surface area contributed by atoms with E-state index in [-0.39, 0.29) is 0 Å². The minimum atomic E-state index is 0.376. The molecule has 2 N–H and O–H groups in total. The lowest BCUT2D eigenvalue weighted by Gasteiger charge is -2.09. The Balaban J connectivity index is 2.61. The zero-order chi connectivity index (χ0) is 13.1. The van der Waals surface area contributed by atoms with Gasteiger partial charge < -0.3 is 5.73 Å². The first-order valence-electron chi connectivity index (χ1n) is 6.01. The molecule has 0 aliphatic carbocycles. The van der Waals surface area contributed by atoms with Crippen molar-refractivity contribution in [2.45, 2.75) is 26.7 Å². The number of aryl methyl sites for hydroxylation is 2. The van der Waals surface area contributed by atoms with Gasteiger partial charge >= 0.3 is 0 Å². The highest BCUT2D eigenvalue weighted by molar-refractivity contribution is 7.80. The van der Waals surface area contributed by atoms with Gasteiger partial charge in [0.1, 0.15) is 10.8 Å². The third-order valence-electron chi connectivity index (χ3n) is 2.75. The summed E-state index contributed by atoms with van der Waals surface area (Å²) in [6, 6.07) is 7.73. The molecule has 2 aromatic rings. The number of benzene rings is 1. The van der Waals surface area contributed by atoms with Crippen molar-refractivity contribution >= 4 is 17.2 Å². The molecule has 4 nitrogen and oxygen atoms in total. The monoisotopic (exact) mass is 260 g/mol. The van der Waals surface area contributed by atoms with Gasteiger partial charge in [-0.2, -0.15) is 5.10 Å². The van der Waals surface area contributed by atoms with E-state index in [1.807, 2.05) is 35.9 Å². The Bertz CT molecular complexity index is 574. The topological polar surface area (TPSA) is 56.7 Å². The molecule has 0 fully saturated rings. The van der Waals surface area contributed by atoms with Gasteiger partial charge in [0.2, 0.25) is 0 Å². The molecule has 0 atom stereocenters. The van der Waals surface area contributed by atoms with Gasteiger partial charge in [0, 0.05) is 18.4 Å². The Morgan fingerprint density at radius 3 is 2.61 bits per heavy atom. The van der Waals surface area contributed by atoms with Crippen molar-refractivity contribution < 1.29 is 0 Å². The van der Waals surface area contributed by atoms with Crippen molar-refractivity contribution in [1.29, 1.82) is 0 Å². The fourth-order valence-electron chi connectivity index (χ4n) is 1.83. The lowest BCUT2D eigenvalue weighted by Crippen LogP contribution is -2.15. The molecule has 0 saturated heterocycles. The summed E-state index contributed by atoms with van der Waals surface area (Å²) in [5.74, 6) is 1.76. The van der Waals surface area contributed by atoms with Crippen LogP contribution >= 0.6 is 12.2 Å². The third-order valence-corrected chi connectivity index (χ3v) is 2.97. The van der Waals surface area contributed by atoms with Crippen LogP contribution in [-0.4, -0.2) is 19.8 Å². The third kappa shape index (κ3) is 2.26. The van der Waals surface area contributed by atoms with E-state index in [9.17, 15) is 0 Å². The number of para-hydroxylation sites is 1. The molecule has 1 heterocycles. The average molecular weight is 260 g/mol. The molecule has 2 rings (SSSR count). The van der Waals surface area contributed by atoms with Crippen LogP contribution in [0.5, 0.6) is 0 Å². The van der Waals surface area contributed by atoms with E-state index in [1.165, 1.54) is 0 Å². The molecule has 94 valence electrons. The van der Waals surface area contributed by atoms with Crippen LogP contribution in [0.3, 0.4) is 0 Å². The van der Waals surface area contributed by atoms with Crippen molar-refractivity contribution in [3.63, 3.8) is 0 Å². The molecule has 0 spiro atoms. The molecular weight excluding hydrogens is 244 g/mol. The van der Waals surface area contributed by atoms with E-state index in [1.54, 1.807) is 0 Å². The standard InChI is InChI=1S/C13H16N4S/c1-3-11-15-12(4-2)17(16-11)10-8-6-5-7-9(10)13(14)18/h5-8H,3-4H2,1-2H3,(H2,14,18). The molecule has 0 aliphatic rings. The second kappa shape index (κ2) is 5.27. The van der Waals surface area contributed by atoms with E-state index in [0.717, 1.165) is 35.7 Å². The second-order valence-electron chi connectivity index (χ2n) is 3.94. The van der Waals surface area contributed by atoms with Gasteiger partial charge in [0.25, 0.3) is 0 Å². The summed E-state index contributed by atoms with van der Waals surface area (Å²) in [6.07, 6.45) is 1.63. The van der Waals surface area contributed by atoms with Gasteiger partial charge in [-0.05, 0) is 12.1 Å². The van der Waals surface area contributed by atoms with Gasteiger partial charge in [-0.25, -0.2) is 9.67 Å². The lowest BCUT2D eigenvalue weighted by molar-refractivity contribution is 0.790. The lowest BCUT2D eigenvalue weighted by atomic mass is 10.2. The van der Waals surface area contributed by atoms with Crippen LogP contribution in [0.1, 0.15) is 31.1 Å². The number of nitrogens with two attached hydrogens (primary N) is 1. The van der Waals surface area contributed by atoms with Gasteiger partial charge in [0.05, 0.1) is 5.69 Å². The maximum absolute atomic E-state index is 5.75. The molecule has 18 heavy (non-hydrogen) atoms. The van der Waals surface area contributed by atoms with Crippen molar-refractivity contribution in [2.75, 3.05) is 0 Å². The first-order chi connectivity index (χ1) is 8.67. The van der Waals surface area contributed by atoms with Crippen LogP contribution in [0.25, 0.3) is 5.69 Å². The van der Waals surface area contributed by atoms with Crippen LogP contribution < -0.4 is 5.73 Å². The SMILES string of the molecule is CCc1nc(CC)n(-c2ccccc2C(N)=S)n1. The van der Waals surface area contributed by atoms with Crippen LogP contribution in [0.4, 0.5) is 0 Å². The summed E-state index contributed by atoms with van der Waals surface area (Å²) in [7, 11) is 0. The predicted octanol–water partition coefficient (Wildman–Crippen LogP) is 2.03. The Kier molecular flexibility index (Phi) is 3.72. The fourth-order valence-corrected chi connectivity index (χ4v) is 2.00. The molecular formula is C13H16N4S. The summed E-state index contributed by atoms with van der Waals surface area (Å²) >= 11 is 5.08. The molecule has 1 aromatic carbocycles. The van der Waals surface area contributed by atoms with Crippen molar-refractivity contribution in [2.24, 2.45) is 5.73 Å². The van der Waals surface area contributed by atoms with E-state index >= 15 is 0 Å². The number of thiocarbonyl (C=S) groups is 1. The van der Waals surface area contributed by atoms with Crippen LogP contribution in [0, 0.1) is 0 Å². The van der Waals surface area contributed by atoms with E-state index in [4.69, 9.17) is 18.0 Å². The Morgan fingerprint density at radius 2 is 2.00 bits per heavy atom. The Hall–Kier alpha value is -1.75. The summed E-state index contributed by atoms with van der Waals surface area (Å²) < 4.78 is 1.84. The summed E-state index contributed by atoms with van der Waals surface area (Å²) in [5, 5.41) is 4.50. The predicted molar refractivity (Wildman–Crippen MR) is 76.0 cm³/mol. The van der Waals surface area contributed by atoms with Gasteiger partial charge in [0.15, 0.2) is 5.82 Å². The fraction of sp³-hybridized carbons (Fsp3) is 0.308. The molecule has 5 heteroatoms. The summed E-state index contributed by atoms with van der Waals surface area (Å²) in [5.41, 5.74) is 7.48. The van der Waals surface area contributed by atoms with E-state index in [0.29, 0.717) is 4.99 Å². The molecule has 0 bridgehead atoms. The second-order valence-corrected chi connectivity index (χ2v) is 4.38. The van der Waals surface area contributed by atoms with Crippen LogP contribution in [-0.2, 0) is 12.8 Å². The molecule has 0 aliphatic heterocycles. The molecule has 0 radical (unpaired) electrons. The van der Waals surface area contributed by atoms with Crippen molar-refractivity contribution in [3.8, 4) is 5.69 Å². The minimum Gasteiger partial charge on any atom is -0.389 e. The first kappa shape index (κ1) is 12.7. The maximum Gasteiger partial charge on any atom is 0.151 e. The normalized spacial score (nSPS) is 10.6. The zero-order valence-electron chi connectivity index (χ0n) is 10.6.